The van der Waals surface area contributed by atoms with E-state index in [4.69, 9.17) is 27.9 Å². The maximum absolute atomic E-state index is 13.3. The molecule has 34 heavy (non-hydrogen) atoms. The number of hydrogen-bond acceptors (Lipinski definition) is 5. The van der Waals surface area contributed by atoms with Gasteiger partial charge in [0.25, 0.3) is 11.7 Å². The summed E-state index contributed by atoms with van der Waals surface area (Å²) in [5.74, 6) is -2.13. The van der Waals surface area contributed by atoms with Crippen LogP contribution in [0.15, 0.2) is 60.2 Å². The summed E-state index contributed by atoms with van der Waals surface area (Å²) in [5, 5.41) is 21.8. The number of methoxy groups -OCH3 is 1. The van der Waals surface area contributed by atoms with E-state index in [2.05, 4.69) is 0 Å². The van der Waals surface area contributed by atoms with Crippen LogP contribution in [-0.4, -0.2) is 29.0 Å². The van der Waals surface area contributed by atoms with Gasteiger partial charge in [-0.25, -0.2) is 0 Å². The molecule has 8 heteroatoms. The third-order valence-corrected chi connectivity index (χ3v) is 6.37. The zero-order valence-corrected chi connectivity index (χ0v) is 20.1. The molecule has 2 N–H and O–H groups in total. The maximum Gasteiger partial charge on any atom is 0.300 e. The van der Waals surface area contributed by atoms with Crippen LogP contribution in [0.4, 0.5) is 5.69 Å². The Morgan fingerprint density at radius 2 is 1.74 bits per heavy atom. The van der Waals surface area contributed by atoms with Gasteiger partial charge in [-0.3, -0.25) is 14.5 Å². The van der Waals surface area contributed by atoms with Crippen molar-refractivity contribution in [2.45, 2.75) is 19.9 Å². The van der Waals surface area contributed by atoms with Crippen LogP contribution in [0.5, 0.6) is 11.5 Å². The lowest BCUT2D eigenvalue weighted by molar-refractivity contribution is -0.132. The first-order chi connectivity index (χ1) is 16.1. The van der Waals surface area contributed by atoms with Crippen molar-refractivity contribution in [3.8, 4) is 11.5 Å². The zero-order valence-electron chi connectivity index (χ0n) is 18.6. The molecule has 1 heterocycles. The number of carbonyl (C=O) groups excluding carboxylic acids is 2. The van der Waals surface area contributed by atoms with Crippen molar-refractivity contribution in [3.05, 3.63) is 92.5 Å². The second kappa shape index (κ2) is 9.05. The number of hydrogen-bond donors (Lipinski definition) is 2. The molecule has 0 bridgehead atoms. The van der Waals surface area contributed by atoms with E-state index >= 15 is 0 Å². The van der Waals surface area contributed by atoms with Gasteiger partial charge in [0.1, 0.15) is 17.3 Å². The second-order valence-electron chi connectivity index (χ2n) is 8.00. The summed E-state index contributed by atoms with van der Waals surface area (Å²) in [6.45, 7) is 3.84. The van der Waals surface area contributed by atoms with Gasteiger partial charge >= 0.3 is 0 Å². The molecule has 0 saturated carbocycles. The fraction of sp³-hybridized carbons (Fsp3) is 0.154. The Balaban J connectivity index is 2.02. The highest BCUT2D eigenvalue weighted by Crippen LogP contribution is 2.45. The number of phenols is 1. The lowest BCUT2D eigenvalue weighted by Crippen LogP contribution is -2.29. The predicted octanol–water partition coefficient (Wildman–Crippen LogP) is 5.95. The number of phenolic OH excluding ortho intramolecular Hbond substituents is 1. The third kappa shape index (κ3) is 4.00. The van der Waals surface area contributed by atoms with Gasteiger partial charge in [0, 0.05) is 10.7 Å². The number of benzene rings is 3. The number of aryl methyl sites for hydroxylation is 2. The van der Waals surface area contributed by atoms with Crippen LogP contribution in [-0.2, 0) is 9.59 Å². The van der Waals surface area contributed by atoms with Gasteiger partial charge < -0.3 is 14.9 Å². The molecular formula is C26H21Cl2NO5. The lowest BCUT2D eigenvalue weighted by Gasteiger charge is -2.26. The van der Waals surface area contributed by atoms with Crippen LogP contribution >= 0.6 is 23.2 Å². The highest BCUT2D eigenvalue weighted by atomic mass is 35.5. The summed E-state index contributed by atoms with van der Waals surface area (Å²) in [4.78, 5) is 27.9. The molecule has 174 valence electrons. The molecule has 1 saturated heterocycles. The first-order valence-electron chi connectivity index (χ1n) is 10.3. The average Bonchev–Trinajstić information content (AvgIpc) is 3.05. The molecule has 3 aromatic carbocycles. The third-order valence-electron chi connectivity index (χ3n) is 5.87. The molecule has 1 aliphatic heterocycles. The highest BCUT2D eigenvalue weighted by Gasteiger charge is 2.47. The number of aromatic hydroxyl groups is 1. The molecule has 1 unspecified atom stereocenters. The Morgan fingerprint density at radius 1 is 1.00 bits per heavy atom. The van der Waals surface area contributed by atoms with E-state index in [0.29, 0.717) is 11.3 Å². The quantitative estimate of drug-likeness (QED) is 0.264. The Bertz CT molecular complexity index is 1370. The van der Waals surface area contributed by atoms with Crippen LogP contribution in [0.2, 0.25) is 10.0 Å². The van der Waals surface area contributed by atoms with Gasteiger partial charge in [-0.1, -0.05) is 41.4 Å². The van der Waals surface area contributed by atoms with Crippen LogP contribution in [0.1, 0.15) is 28.3 Å². The van der Waals surface area contributed by atoms with Gasteiger partial charge in [0.2, 0.25) is 0 Å². The minimum absolute atomic E-state index is 0.0495. The van der Waals surface area contributed by atoms with Crippen molar-refractivity contribution >= 4 is 46.3 Å². The van der Waals surface area contributed by atoms with E-state index in [1.165, 1.54) is 36.3 Å². The standard InChI is InChI=1S/C26H21Cl2NO5/c1-13-7-8-17(9-14(13)2)29-22(15-5-4-6-18(30)10-15)21(24(32)26(29)33)23(31)19-11-16(27)12-20(28)25(19)34-3/h4-12,22,30-31H,1-3H3/b23-21+. The molecule has 4 rings (SSSR count). The molecule has 1 atom stereocenters. The van der Waals surface area contributed by atoms with Gasteiger partial charge in [0.05, 0.1) is 29.3 Å². The molecule has 0 radical (unpaired) electrons. The van der Waals surface area contributed by atoms with Gasteiger partial charge in [-0.2, -0.15) is 0 Å². The summed E-state index contributed by atoms with van der Waals surface area (Å²) in [7, 11) is 1.37. The number of ketones is 1. The number of rotatable bonds is 4. The normalized spacial score (nSPS) is 17.3. The second-order valence-corrected chi connectivity index (χ2v) is 8.84. The number of aliphatic hydroxyl groups is 1. The molecule has 6 nitrogen and oxygen atoms in total. The van der Waals surface area contributed by atoms with Crippen molar-refractivity contribution in [1.29, 1.82) is 0 Å². The Kier molecular flexibility index (Phi) is 6.30. The van der Waals surface area contributed by atoms with E-state index in [-0.39, 0.29) is 32.7 Å². The molecular weight excluding hydrogens is 477 g/mol. The van der Waals surface area contributed by atoms with Gasteiger partial charge in [-0.05, 0) is 66.9 Å². The average molecular weight is 498 g/mol. The van der Waals surface area contributed by atoms with Crippen LogP contribution in [0.25, 0.3) is 5.76 Å². The van der Waals surface area contributed by atoms with Crippen molar-refractivity contribution in [3.63, 3.8) is 0 Å². The Hall–Kier alpha value is -3.48. The minimum Gasteiger partial charge on any atom is -0.508 e. The molecule has 1 amide bonds. The van der Waals surface area contributed by atoms with E-state index in [0.717, 1.165) is 11.1 Å². The van der Waals surface area contributed by atoms with E-state index in [1.54, 1.807) is 24.3 Å². The fourth-order valence-electron chi connectivity index (χ4n) is 4.07. The predicted molar refractivity (Wildman–Crippen MR) is 132 cm³/mol. The monoisotopic (exact) mass is 497 g/mol. The van der Waals surface area contributed by atoms with Crippen LogP contribution < -0.4 is 9.64 Å². The summed E-state index contributed by atoms with van der Waals surface area (Å²) in [6, 6.07) is 13.4. The number of amides is 1. The Morgan fingerprint density at radius 3 is 2.38 bits per heavy atom. The van der Waals surface area contributed by atoms with Crippen molar-refractivity contribution in [2.24, 2.45) is 0 Å². The molecule has 0 aliphatic carbocycles. The summed E-state index contributed by atoms with van der Waals surface area (Å²) in [6.07, 6.45) is 0. The molecule has 0 spiro atoms. The maximum atomic E-state index is 13.3. The highest BCUT2D eigenvalue weighted by molar-refractivity contribution is 6.52. The topological polar surface area (TPSA) is 87.1 Å². The van der Waals surface area contributed by atoms with Crippen molar-refractivity contribution in [1.82, 2.24) is 0 Å². The number of aliphatic hydroxyl groups excluding tert-OH is 1. The van der Waals surface area contributed by atoms with Crippen molar-refractivity contribution in [2.75, 3.05) is 12.0 Å². The van der Waals surface area contributed by atoms with Crippen molar-refractivity contribution < 1.29 is 24.5 Å². The summed E-state index contributed by atoms with van der Waals surface area (Å²) >= 11 is 12.4. The van der Waals surface area contributed by atoms with E-state index in [9.17, 15) is 19.8 Å². The number of halogens is 2. The van der Waals surface area contributed by atoms with Gasteiger partial charge in [0.15, 0.2) is 0 Å². The van der Waals surface area contributed by atoms with E-state index in [1.807, 2.05) is 19.9 Å². The molecule has 3 aromatic rings. The first kappa shape index (κ1) is 23.7. The smallest absolute Gasteiger partial charge is 0.300 e. The minimum atomic E-state index is -1.02. The first-order valence-corrected chi connectivity index (χ1v) is 11.1. The zero-order chi connectivity index (χ0) is 24.7. The molecule has 1 aliphatic rings. The fourth-order valence-corrected chi connectivity index (χ4v) is 4.64. The number of ether oxygens (including phenoxy) is 1. The number of anilines is 1. The van der Waals surface area contributed by atoms with E-state index < -0.39 is 23.5 Å². The number of carbonyl (C=O) groups is 2. The van der Waals surface area contributed by atoms with Gasteiger partial charge in [-0.15, -0.1) is 0 Å². The van der Waals surface area contributed by atoms with Crippen LogP contribution in [0.3, 0.4) is 0 Å². The largest absolute Gasteiger partial charge is 0.508 e. The number of Topliss-reactive ketones (excluding diaryl/α,β-unsaturated/α-hetero) is 1. The molecule has 1 fully saturated rings. The molecule has 0 aromatic heterocycles. The summed E-state index contributed by atoms with van der Waals surface area (Å²) < 4.78 is 5.34. The Labute approximate surface area is 206 Å². The van der Waals surface area contributed by atoms with Crippen LogP contribution in [0, 0.1) is 13.8 Å². The summed E-state index contributed by atoms with van der Waals surface area (Å²) in [5.41, 5.74) is 2.76. The SMILES string of the molecule is COc1c(Cl)cc(Cl)cc1/C(O)=C1\C(=O)C(=O)N(c2ccc(C)c(C)c2)C1c1cccc(O)c1. The lowest BCUT2D eigenvalue weighted by atomic mass is 9.94. The number of nitrogens with zero attached hydrogens (tertiary/aromatic N) is 1.